The monoisotopic (exact) mass is 303 g/mol. The van der Waals surface area contributed by atoms with Gasteiger partial charge in [0.2, 0.25) is 0 Å². The van der Waals surface area contributed by atoms with E-state index in [1.807, 2.05) is 18.2 Å². The van der Waals surface area contributed by atoms with Gasteiger partial charge in [-0.25, -0.2) is 0 Å². The molecule has 19 heavy (non-hydrogen) atoms. The van der Waals surface area contributed by atoms with E-state index >= 15 is 0 Å². The molecule has 0 saturated heterocycles. The minimum absolute atomic E-state index is 0.264. The number of halogens is 2. The van der Waals surface area contributed by atoms with Crippen LogP contribution in [0.1, 0.15) is 38.8 Å². The summed E-state index contributed by atoms with van der Waals surface area (Å²) in [5, 5.41) is 4.65. The lowest BCUT2D eigenvalue weighted by molar-refractivity contribution is 0.107. The van der Waals surface area contributed by atoms with Crippen molar-refractivity contribution in [2.45, 2.75) is 33.2 Å². The Labute approximate surface area is 126 Å². The molecule has 1 rings (SSSR count). The largest absolute Gasteiger partial charge is 0.381 e. The van der Waals surface area contributed by atoms with E-state index in [1.165, 1.54) is 0 Å². The van der Waals surface area contributed by atoms with E-state index < -0.39 is 0 Å². The third-order valence-electron chi connectivity index (χ3n) is 2.81. The van der Waals surface area contributed by atoms with E-state index in [0.29, 0.717) is 16.0 Å². The third-order valence-corrected chi connectivity index (χ3v) is 3.55. The van der Waals surface area contributed by atoms with Gasteiger partial charge in [0.05, 0.1) is 10.0 Å². The van der Waals surface area contributed by atoms with Crippen LogP contribution >= 0.6 is 23.2 Å². The van der Waals surface area contributed by atoms with Crippen LogP contribution in [0, 0.1) is 5.92 Å². The van der Waals surface area contributed by atoms with Crippen LogP contribution < -0.4 is 5.32 Å². The Morgan fingerprint density at radius 3 is 2.53 bits per heavy atom. The molecule has 0 aliphatic heterocycles. The van der Waals surface area contributed by atoms with Gasteiger partial charge in [0.25, 0.3) is 0 Å². The van der Waals surface area contributed by atoms with Crippen LogP contribution in [0.2, 0.25) is 10.0 Å². The van der Waals surface area contributed by atoms with Gasteiger partial charge in [-0.2, -0.15) is 0 Å². The Morgan fingerprint density at radius 2 is 1.89 bits per heavy atom. The van der Waals surface area contributed by atoms with Gasteiger partial charge in [0, 0.05) is 19.3 Å². The highest BCUT2D eigenvalue weighted by molar-refractivity contribution is 6.42. The molecule has 1 unspecified atom stereocenters. The molecule has 0 amide bonds. The fourth-order valence-corrected chi connectivity index (χ4v) is 2.02. The van der Waals surface area contributed by atoms with Crippen molar-refractivity contribution in [3.05, 3.63) is 33.8 Å². The molecule has 4 heteroatoms. The van der Waals surface area contributed by atoms with Crippen LogP contribution in [0.3, 0.4) is 0 Å². The normalized spacial score (nSPS) is 12.9. The highest BCUT2D eigenvalue weighted by atomic mass is 35.5. The maximum atomic E-state index is 6.01. The molecule has 1 aromatic rings. The molecule has 0 aliphatic carbocycles. The number of ether oxygens (including phenoxy) is 1. The molecule has 0 heterocycles. The Balaban J connectivity index is 2.23. The second-order valence-electron chi connectivity index (χ2n) is 5.17. The summed E-state index contributed by atoms with van der Waals surface area (Å²) in [7, 11) is 0. The minimum Gasteiger partial charge on any atom is -0.381 e. The Morgan fingerprint density at radius 1 is 1.16 bits per heavy atom. The number of hydrogen-bond acceptors (Lipinski definition) is 2. The lowest BCUT2D eigenvalue weighted by Gasteiger charge is -2.15. The van der Waals surface area contributed by atoms with Crippen LogP contribution in [0.25, 0.3) is 0 Å². The average molecular weight is 304 g/mol. The molecule has 1 aromatic carbocycles. The molecule has 1 N–H and O–H groups in total. The van der Waals surface area contributed by atoms with Gasteiger partial charge in [-0.3, -0.25) is 0 Å². The summed E-state index contributed by atoms with van der Waals surface area (Å²) in [6.45, 7) is 9.00. The van der Waals surface area contributed by atoms with E-state index in [0.717, 1.165) is 31.7 Å². The zero-order valence-electron chi connectivity index (χ0n) is 11.9. The number of nitrogens with one attached hydrogen (secondary N) is 1. The number of benzene rings is 1. The smallest absolute Gasteiger partial charge is 0.0595 e. The summed E-state index contributed by atoms with van der Waals surface area (Å²) in [5.41, 5.74) is 1.15. The van der Waals surface area contributed by atoms with Crippen molar-refractivity contribution in [2.24, 2.45) is 5.92 Å². The summed E-state index contributed by atoms with van der Waals surface area (Å²) in [6.07, 6.45) is 1.01. The molecule has 0 aromatic heterocycles. The molecular weight excluding hydrogens is 281 g/mol. The SMILES string of the molecule is CC(C)COCCCNC(C)c1ccc(Cl)c(Cl)c1. The van der Waals surface area contributed by atoms with E-state index in [-0.39, 0.29) is 6.04 Å². The average Bonchev–Trinajstić information content (AvgIpc) is 2.36. The number of rotatable bonds is 8. The first-order chi connectivity index (χ1) is 9.00. The van der Waals surface area contributed by atoms with Crippen LogP contribution in [0.15, 0.2) is 18.2 Å². The molecule has 0 fully saturated rings. The standard InChI is InChI=1S/C15H23Cl2NO/c1-11(2)10-19-8-4-7-18-12(3)13-5-6-14(16)15(17)9-13/h5-6,9,11-12,18H,4,7-8,10H2,1-3H3. The van der Waals surface area contributed by atoms with Gasteiger partial charge >= 0.3 is 0 Å². The van der Waals surface area contributed by atoms with Gasteiger partial charge in [-0.1, -0.05) is 43.1 Å². The maximum absolute atomic E-state index is 6.01. The van der Waals surface area contributed by atoms with Crippen molar-refractivity contribution < 1.29 is 4.74 Å². The summed E-state index contributed by atoms with van der Waals surface area (Å²) in [6, 6.07) is 6.01. The quantitative estimate of drug-likeness (QED) is 0.702. The molecule has 0 bridgehead atoms. The van der Waals surface area contributed by atoms with Crippen molar-refractivity contribution in [2.75, 3.05) is 19.8 Å². The lowest BCUT2D eigenvalue weighted by Crippen LogP contribution is -2.21. The maximum Gasteiger partial charge on any atom is 0.0595 e. The van der Waals surface area contributed by atoms with Gasteiger partial charge in [0.15, 0.2) is 0 Å². The zero-order chi connectivity index (χ0) is 14.3. The Hall–Kier alpha value is -0.280. The molecule has 2 nitrogen and oxygen atoms in total. The van der Waals surface area contributed by atoms with Crippen LogP contribution in [-0.4, -0.2) is 19.8 Å². The Kier molecular flexibility index (Phi) is 7.77. The van der Waals surface area contributed by atoms with E-state index in [4.69, 9.17) is 27.9 Å². The first-order valence-corrected chi connectivity index (χ1v) is 7.52. The molecule has 1 atom stereocenters. The van der Waals surface area contributed by atoms with Crippen molar-refractivity contribution in [1.29, 1.82) is 0 Å². The summed E-state index contributed by atoms with van der Waals surface area (Å²) < 4.78 is 5.54. The summed E-state index contributed by atoms with van der Waals surface area (Å²) >= 11 is 11.9. The first-order valence-electron chi connectivity index (χ1n) is 6.76. The topological polar surface area (TPSA) is 21.3 Å². The Bertz CT molecular complexity index is 382. The van der Waals surface area contributed by atoms with E-state index in [1.54, 1.807) is 0 Å². The summed E-state index contributed by atoms with van der Waals surface area (Å²) in [4.78, 5) is 0. The van der Waals surface area contributed by atoms with Gasteiger partial charge in [0.1, 0.15) is 0 Å². The fraction of sp³-hybridized carbons (Fsp3) is 0.600. The highest BCUT2D eigenvalue weighted by Gasteiger charge is 2.06. The molecule has 108 valence electrons. The van der Waals surface area contributed by atoms with E-state index in [9.17, 15) is 0 Å². The van der Waals surface area contributed by atoms with Crippen molar-refractivity contribution in [1.82, 2.24) is 5.32 Å². The number of hydrogen-bond donors (Lipinski definition) is 1. The fourth-order valence-electron chi connectivity index (χ4n) is 1.71. The van der Waals surface area contributed by atoms with Crippen LogP contribution in [0.5, 0.6) is 0 Å². The minimum atomic E-state index is 0.264. The summed E-state index contributed by atoms with van der Waals surface area (Å²) in [5.74, 6) is 0.600. The van der Waals surface area contributed by atoms with Crippen molar-refractivity contribution >= 4 is 23.2 Å². The zero-order valence-corrected chi connectivity index (χ0v) is 13.4. The lowest BCUT2D eigenvalue weighted by atomic mass is 10.1. The first kappa shape index (κ1) is 16.8. The predicted octanol–water partition coefficient (Wildman–Crippen LogP) is 4.71. The van der Waals surface area contributed by atoms with Crippen molar-refractivity contribution in [3.8, 4) is 0 Å². The van der Waals surface area contributed by atoms with Crippen molar-refractivity contribution in [3.63, 3.8) is 0 Å². The molecular formula is C15H23Cl2NO. The predicted molar refractivity (Wildman–Crippen MR) is 83.2 cm³/mol. The van der Waals surface area contributed by atoms with Crippen LogP contribution in [-0.2, 0) is 4.74 Å². The molecule has 0 aliphatic rings. The van der Waals surface area contributed by atoms with E-state index in [2.05, 4.69) is 26.1 Å². The molecule has 0 saturated carbocycles. The second-order valence-corrected chi connectivity index (χ2v) is 5.99. The second kappa shape index (κ2) is 8.80. The molecule has 0 spiro atoms. The van der Waals surface area contributed by atoms with Crippen LogP contribution in [0.4, 0.5) is 0 Å². The molecule has 0 radical (unpaired) electrons. The third kappa shape index (κ3) is 6.62. The van der Waals surface area contributed by atoms with Gasteiger partial charge in [-0.05, 0) is 43.5 Å². The highest BCUT2D eigenvalue weighted by Crippen LogP contribution is 2.25. The van der Waals surface area contributed by atoms with Gasteiger partial charge in [-0.15, -0.1) is 0 Å². The van der Waals surface area contributed by atoms with Gasteiger partial charge < -0.3 is 10.1 Å².